The Morgan fingerprint density at radius 3 is 2.53 bits per heavy atom. The number of halogens is 3. The van der Waals surface area contributed by atoms with Crippen molar-refractivity contribution in [2.24, 2.45) is 0 Å². The van der Waals surface area contributed by atoms with Crippen molar-refractivity contribution in [3.8, 4) is 5.75 Å². The molecule has 0 saturated heterocycles. The van der Waals surface area contributed by atoms with E-state index in [1.54, 1.807) is 6.07 Å². The molecule has 0 atom stereocenters. The van der Waals surface area contributed by atoms with Crippen LogP contribution in [0.4, 0.5) is 24.8 Å². The zero-order valence-electron chi connectivity index (χ0n) is 18.0. The van der Waals surface area contributed by atoms with Gasteiger partial charge in [-0.2, -0.15) is 0 Å². The topological polar surface area (TPSA) is 50.3 Å². The van der Waals surface area contributed by atoms with E-state index < -0.39 is 6.36 Å². The summed E-state index contributed by atoms with van der Waals surface area (Å²) >= 11 is 0. The van der Waals surface area contributed by atoms with Crippen LogP contribution in [0.3, 0.4) is 0 Å². The Hall–Kier alpha value is -3.29. The average Bonchev–Trinajstić information content (AvgIpc) is 2.76. The van der Waals surface area contributed by atoms with Crippen LogP contribution in [0.25, 0.3) is 0 Å². The largest absolute Gasteiger partial charge is 0.573 e. The highest BCUT2D eigenvalue weighted by atomic mass is 19.4. The van der Waals surface area contributed by atoms with E-state index in [1.165, 1.54) is 12.1 Å². The lowest BCUT2D eigenvalue weighted by Gasteiger charge is -2.30. The van der Waals surface area contributed by atoms with Gasteiger partial charge in [0.25, 0.3) is 0 Å². The van der Waals surface area contributed by atoms with E-state index in [1.807, 2.05) is 38.1 Å². The molecule has 1 aliphatic heterocycles. The minimum atomic E-state index is -4.69. The second-order valence-corrected chi connectivity index (χ2v) is 8.11. The van der Waals surface area contributed by atoms with Crippen LogP contribution >= 0.6 is 0 Å². The van der Waals surface area contributed by atoms with Crippen LogP contribution in [0, 0.1) is 0 Å². The summed E-state index contributed by atoms with van der Waals surface area (Å²) in [5, 5.41) is 3.38. The Bertz CT molecular complexity index is 1070. The average molecular weight is 442 g/mol. The second-order valence-electron chi connectivity index (χ2n) is 8.11. The van der Waals surface area contributed by atoms with Crippen LogP contribution in [0.5, 0.6) is 5.75 Å². The van der Waals surface area contributed by atoms with Crippen LogP contribution < -0.4 is 15.0 Å². The molecular formula is C24H25F3N4O. The van der Waals surface area contributed by atoms with Crippen molar-refractivity contribution in [3.05, 3.63) is 77.1 Å². The van der Waals surface area contributed by atoms with E-state index >= 15 is 0 Å². The molecule has 1 aliphatic rings. The number of anilines is 2. The molecule has 8 heteroatoms. The molecule has 0 aliphatic carbocycles. The van der Waals surface area contributed by atoms with Gasteiger partial charge in [-0.15, -0.1) is 13.2 Å². The molecule has 2 heterocycles. The summed E-state index contributed by atoms with van der Waals surface area (Å²) in [6.07, 6.45) is -4.08. The van der Waals surface area contributed by atoms with E-state index in [0.29, 0.717) is 26.1 Å². The molecule has 0 spiro atoms. The number of fused-ring (bicyclic) bond motifs is 1. The van der Waals surface area contributed by atoms with E-state index in [4.69, 9.17) is 4.98 Å². The standard InChI is InChI=1S/C24H25F3N4O/c1-16(2)23-29-21(28-14-17-6-4-3-5-7-17)13-22(30-23)31-11-10-18-12-20(32-24(25,26)27)9-8-19(18)15-31/h3-9,12-13,16H,10-11,14-15H2,1-2H3,(H,28,29,30). The Morgan fingerprint density at radius 2 is 1.81 bits per heavy atom. The predicted octanol–water partition coefficient (Wildman–Crippen LogP) is 5.67. The number of aromatic nitrogens is 2. The molecule has 0 saturated carbocycles. The summed E-state index contributed by atoms with van der Waals surface area (Å²) in [5.74, 6) is 2.29. The molecule has 0 amide bonds. The molecule has 3 aromatic rings. The van der Waals surface area contributed by atoms with Crippen molar-refractivity contribution in [2.75, 3.05) is 16.8 Å². The lowest BCUT2D eigenvalue weighted by atomic mass is 9.99. The number of benzene rings is 2. The minimum Gasteiger partial charge on any atom is -0.406 e. The number of ether oxygens (including phenoxy) is 1. The maximum Gasteiger partial charge on any atom is 0.573 e. The van der Waals surface area contributed by atoms with Gasteiger partial charge in [0.1, 0.15) is 23.2 Å². The summed E-state index contributed by atoms with van der Waals surface area (Å²) < 4.78 is 41.6. The van der Waals surface area contributed by atoms with Crippen LogP contribution in [-0.2, 0) is 19.5 Å². The van der Waals surface area contributed by atoms with Gasteiger partial charge in [-0.3, -0.25) is 0 Å². The van der Waals surface area contributed by atoms with E-state index in [9.17, 15) is 13.2 Å². The van der Waals surface area contributed by atoms with Gasteiger partial charge >= 0.3 is 6.36 Å². The Labute approximate surface area is 185 Å². The smallest absolute Gasteiger partial charge is 0.406 e. The first-order valence-electron chi connectivity index (χ1n) is 10.6. The van der Waals surface area contributed by atoms with Crippen molar-refractivity contribution in [1.82, 2.24) is 9.97 Å². The second kappa shape index (κ2) is 9.06. The van der Waals surface area contributed by atoms with Gasteiger partial charge in [-0.1, -0.05) is 50.2 Å². The number of hydrogen-bond acceptors (Lipinski definition) is 5. The number of nitrogens with zero attached hydrogens (tertiary/aromatic N) is 3. The van der Waals surface area contributed by atoms with E-state index in [2.05, 4.69) is 32.1 Å². The lowest BCUT2D eigenvalue weighted by molar-refractivity contribution is -0.274. The third-order valence-electron chi connectivity index (χ3n) is 5.31. The quantitative estimate of drug-likeness (QED) is 0.533. The normalized spacial score (nSPS) is 13.8. The van der Waals surface area contributed by atoms with Crippen LogP contribution in [-0.4, -0.2) is 22.9 Å². The number of nitrogens with one attached hydrogen (secondary N) is 1. The van der Waals surface area contributed by atoms with Gasteiger partial charge in [0, 0.05) is 31.6 Å². The maximum atomic E-state index is 12.5. The third-order valence-corrected chi connectivity index (χ3v) is 5.31. The summed E-state index contributed by atoms with van der Waals surface area (Å²) in [6.45, 7) is 5.96. The molecule has 4 rings (SSSR count). The van der Waals surface area contributed by atoms with Crippen LogP contribution in [0.1, 0.15) is 42.3 Å². The molecule has 1 N–H and O–H groups in total. The fourth-order valence-corrected chi connectivity index (χ4v) is 3.67. The first-order chi connectivity index (χ1) is 15.3. The number of alkyl halides is 3. The fourth-order valence-electron chi connectivity index (χ4n) is 3.67. The third kappa shape index (κ3) is 5.49. The monoisotopic (exact) mass is 442 g/mol. The van der Waals surface area contributed by atoms with Crippen molar-refractivity contribution >= 4 is 11.6 Å². The summed E-state index contributed by atoms with van der Waals surface area (Å²) in [7, 11) is 0. The molecule has 0 fully saturated rings. The van der Waals surface area contributed by atoms with Gasteiger partial charge in [-0.25, -0.2) is 9.97 Å². The molecule has 0 unspecified atom stereocenters. The molecule has 32 heavy (non-hydrogen) atoms. The zero-order valence-corrected chi connectivity index (χ0v) is 18.0. The highest BCUT2D eigenvalue weighted by Gasteiger charge is 2.31. The first-order valence-corrected chi connectivity index (χ1v) is 10.6. The SMILES string of the molecule is CC(C)c1nc(NCc2ccccc2)cc(N2CCc3cc(OC(F)(F)F)ccc3C2)n1. The summed E-state index contributed by atoms with van der Waals surface area (Å²) in [6, 6.07) is 16.6. The molecule has 5 nitrogen and oxygen atoms in total. The Balaban J connectivity index is 1.53. The van der Waals surface area contributed by atoms with Gasteiger partial charge in [0.15, 0.2) is 0 Å². The number of hydrogen-bond donors (Lipinski definition) is 1. The molecule has 168 valence electrons. The van der Waals surface area contributed by atoms with Gasteiger partial charge in [-0.05, 0) is 35.2 Å². The molecule has 0 radical (unpaired) electrons. The highest BCUT2D eigenvalue weighted by molar-refractivity contribution is 5.52. The van der Waals surface area contributed by atoms with Crippen molar-refractivity contribution in [3.63, 3.8) is 0 Å². The summed E-state index contributed by atoms with van der Waals surface area (Å²) in [5.41, 5.74) is 2.99. The van der Waals surface area contributed by atoms with E-state index in [0.717, 1.165) is 34.2 Å². The molecule has 0 bridgehead atoms. The lowest BCUT2D eigenvalue weighted by Crippen LogP contribution is -2.31. The van der Waals surface area contributed by atoms with Gasteiger partial charge < -0.3 is 15.0 Å². The maximum absolute atomic E-state index is 12.5. The predicted molar refractivity (Wildman–Crippen MR) is 118 cm³/mol. The molecular weight excluding hydrogens is 417 g/mol. The molecule has 2 aromatic carbocycles. The Morgan fingerprint density at radius 1 is 1.03 bits per heavy atom. The minimum absolute atomic E-state index is 0.159. The molecule has 1 aromatic heterocycles. The van der Waals surface area contributed by atoms with Crippen LogP contribution in [0.15, 0.2) is 54.6 Å². The number of rotatable bonds is 6. The van der Waals surface area contributed by atoms with Crippen LogP contribution in [0.2, 0.25) is 0 Å². The van der Waals surface area contributed by atoms with Crippen molar-refractivity contribution in [1.29, 1.82) is 0 Å². The van der Waals surface area contributed by atoms with Crippen molar-refractivity contribution < 1.29 is 17.9 Å². The van der Waals surface area contributed by atoms with E-state index in [-0.39, 0.29) is 11.7 Å². The Kier molecular flexibility index (Phi) is 6.21. The fraction of sp³-hybridized carbons (Fsp3) is 0.333. The zero-order chi connectivity index (χ0) is 22.7. The first kappa shape index (κ1) is 21.9. The highest BCUT2D eigenvalue weighted by Crippen LogP contribution is 2.30. The van der Waals surface area contributed by atoms with Crippen molar-refractivity contribution in [2.45, 2.75) is 45.6 Å². The van der Waals surface area contributed by atoms with Gasteiger partial charge in [0.05, 0.1) is 0 Å². The van der Waals surface area contributed by atoms with Gasteiger partial charge in [0.2, 0.25) is 0 Å². The summed E-state index contributed by atoms with van der Waals surface area (Å²) in [4.78, 5) is 11.5.